The van der Waals surface area contributed by atoms with Gasteiger partial charge in [0.1, 0.15) is 0 Å². The minimum absolute atomic E-state index is 0.399. The third kappa shape index (κ3) is 3.67. The van der Waals surface area contributed by atoms with Gasteiger partial charge in [-0.1, -0.05) is 6.92 Å². The van der Waals surface area contributed by atoms with E-state index in [4.69, 9.17) is 0 Å². The Morgan fingerprint density at radius 3 is 2.84 bits per heavy atom. The van der Waals surface area contributed by atoms with Gasteiger partial charge in [-0.2, -0.15) is 10.2 Å². The first-order valence-electron chi connectivity index (χ1n) is 6.96. The minimum Gasteiger partial charge on any atom is -0.305 e. The standard InChI is InChI=1S/C14H23N5/c1-4-8-18-9-6-13(17-18)10-15-11-14-5-7-16-19(14)12(2)3/h5-7,9,12,15H,4,8,10-11H2,1-3H3. The number of aromatic nitrogens is 4. The van der Waals surface area contributed by atoms with E-state index in [2.05, 4.69) is 48.4 Å². The monoisotopic (exact) mass is 261 g/mol. The Balaban J connectivity index is 1.84. The van der Waals surface area contributed by atoms with Crippen molar-refractivity contribution < 1.29 is 0 Å². The predicted molar refractivity (Wildman–Crippen MR) is 75.7 cm³/mol. The maximum absolute atomic E-state index is 4.51. The Hall–Kier alpha value is -1.62. The summed E-state index contributed by atoms with van der Waals surface area (Å²) in [6, 6.07) is 4.53. The summed E-state index contributed by atoms with van der Waals surface area (Å²) < 4.78 is 4.04. The molecule has 1 N–H and O–H groups in total. The molecule has 0 fully saturated rings. The van der Waals surface area contributed by atoms with Crippen molar-refractivity contribution in [3.8, 4) is 0 Å². The van der Waals surface area contributed by atoms with Crippen LogP contribution < -0.4 is 5.32 Å². The lowest BCUT2D eigenvalue weighted by atomic mass is 10.3. The van der Waals surface area contributed by atoms with E-state index in [0.29, 0.717) is 6.04 Å². The third-order valence-electron chi connectivity index (χ3n) is 3.00. The highest BCUT2D eigenvalue weighted by atomic mass is 15.3. The van der Waals surface area contributed by atoms with Crippen LogP contribution in [0.3, 0.4) is 0 Å². The number of nitrogens with one attached hydrogen (secondary N) is 1. The maximum Gasteiger partial charge on any atom is 0.0762 e. The third-order valence-corrected chi connectivity index (χ3v) is 3.00. The molecule has 0 atom stereocenters. The molecule has 0 radical (unpaired) electrons. The van der Waals surface area contributed by atoms with Gasteiger partial charge in [0, 0.05) is 38.1 Å². The summed E-state index contributed by atoms with van der Waals surface area (Å²) in [7, 11) is 0. The highest BCUT2D eigenvalue weighted by molar-refractivity contribution is 5.03. The van der Waals surface area contributed by atoms with Gasteiger partial charge in [-0.3, -0.25) is 9.36 Å². The average Bonchev–Trinajstić information content (AvgIpc) is 2.99. The van der Waals surface area contributed by atoms with Crippen molar-refractivity contribution in [1.29, 1.82) is 0 Å². The molecule has 0 unspecified atom stereocenters. The summed E-state index contributed by atoms with van der Waals surface area (Å²) in [5, 5.41) is 12.3. The molecule has 0 aliphatic rings. The number of hydrogen-bond acceptors (Lipinski definition) is 3. The first-order chi connectivity index (χ1) is 9.20. The molecule has 0 aromatic carbocycles. The van der Waals surface area contributed by atoms with Crippen molar-refractivity contribution in [2.45, 2.75) is 52.9 Å². The van der Waals surface area contributed by atoms with Crippen LogP contribution >= 0.6 is 0 Å². The second kappa shape index (κ2) is 6.52. The molecule has 104 valence electrons. The minimum atomic E-state index is 0.399. The number of hydrogen-bond donors (Lipinski definition) is 1. The fraction of sp³-hybridized carbons (Fsp3) is 0.571. The Labute approximate surface area is 114 Å². The van der Waals surface area contributed by atoms with Crippen LogP contribution in [0.2, 0.25) is 0 Å². The topological polar surface area (TPSA) is 47.7 Å². The van der Waals surface area contributed by atoms with Gasteiger partial charge in [0.15, 0.2) is 0 Å². The molecule has 0 amide bonds. The fourth-order valence-electron chi connectivity index (χ4n) is 2.12. The molecule has 0 bridgehead atoms. The molecule has 0 spiro atoms. The molecule has 2 heterocycles. The van der Waals surface area contributed by atoms with Gasteiger partial charge < -0.3 is 5.32 Å². The number of aryl methyl sites for hydroxylation is 1. The summed E-state index contributed by atoms with van der Waals surface area (Å²) in [5.41, 5.74) is 2.30. The second-order valence-corrected chi connectivity index (χ2v) is 5.03. The van der Waals surface area contributed by atoms with E-state index in [1.54, 1.807) is 0 Å². The average molecular weight is 261 g/mol. The quantitative estimate of drug-likeness (QED) is 0.832. The molecule has 0 aliphatic heterocycles. The van der Waals surface area contributed by atoms with Gasteiger partial charge in [0.05, 0.1) is 11.4 Å². The zero-order valence-electron chi connectivity index (χ0n) is 12.0. The summed E-state index contributed by atoms with van der Waals surface area (Å²) in [6.07, 6.45) is 5.01. The maximum atomic E-state index is 4.51. The Kier molecular flexibility index (Phi) is 4.74. The molecule has 2 rings (SSSR count). The van der Waals surface area contributed by atoms with E-state index in [1.165, 1.54) is 5.69 Å². The van der Waals surface area contributed by atoms with Crippen LogP contribution in [0.15, 0.2) is 24.5 Å². The Morgan fingerprint density at radius 1 is 1.26 bits per heavy atom. The van der Waals surface area contributed by atoms with Gasteiger partial charge in [0.25, 0.3) is 0 Å². The molecule has 0 saturated heterocycles. The van der Waals surface area contributed by atoms with Crippen molar-refractivity contribution in [2.24, 2.45) is 0 Å². The first-order valence-corrected chi connectivity index (χ1v) is 6.96. The summed E-state index contributed by atoms with van der Waals surface area (Å²) in [6.45, 7) is 9.04. The van der Waals surface area contributed by atoms with E-state index in [9.17, 15) is 0 Å². The Morgan fingerprint density at radius 2 is 2.11 bits per heavy atom. The lowest BCUT2D eigenvalue weighted by Crippen LogP contribution is -2.17. The van der Waals surface area contributed by atoms with Crippen molar-refractivity contribution in [3.05, 3.63) is 35.9 Å². The van der Waals surface area contributed by atoms with E-state index in [-0.39, 0.29) is 0 Å². The van der Waals surface area contributed by atoms with Crippen LogP contribution in [0, 0.1) is 0 Å². The van der Waals surface area contributed by atoms with Gasteiger partial charge in [-0.25, -0.2) is 0 Å². The lowest BCUT2D eigenvalue weighted by molar-refractivity contribution is 0.493. The van der Waals surface area contributed by atoms with E-state index in [0.717, 1.165) is 31.7 Å². The lowest BCUT2D eigenvalue weighted by Gasteiger charge is -2.11. The van der Waals surface area contributed by atoms with Crippen molar-refractivity contribution in [3.63, 3.8) is 0 Å². The SMILES string of the molecule is CCCn1ccc(CNCc2ccnn2C(C)C)n1. The van der Waals surface area contributed by atoms with E-state index in [1.807, 2.05) is 21.8 Å². The van der Waals surface area contributed by atoms with Crippen LogP contribution in [0.4, 0.5) is 0 Å². The van der Waals surface area contributed by atoms with Crippen molar-refractivity contribution in [1.82, 2.24) is 24.9 Å². The normalized spacial score (nSPS) is 11.4. The van der Waals surface area contributed by atoms with Crippen LogP contribution in [0.1, 0.15) is 44.6 Å². The van der Waals surface area contributed by atoms with Crippen LogP contribution in [0.25, 0.3) is 0 Å². The summed E-state index contributed by atoms with van der Waals surface area (Å²) >= 11 is 0. The molecule has 0 aliphatic carbocycles. The van der Waals surface area contributed by atoms with Crippen LogP contribution in [-0.4, -0.2) is 19.6 Å². The van der Waals surface area contributed by atoms with Gasteiger partial charge in [0.2, 0.25) is 0 Å². The number of nitrogens with zero attached hydrogens (tertiary/aromatic N) is 4. The predicted octanol–water partition coefficient (Wildman–Crippen LogP) is 2.36. The van der Waals surface area contributed by atoms with Gasteiger partial charge >= 0.3 is 0 Å². The molecule has 5 nitrogen and oxygen atoms in total. The fourth-order valence-corrected chi connectivity index (χ4v) is 2.12. The summed E-state index contributed by atoms with van der Waals surface area (Å²) in [4.78, 5) is 0. The largest absolute Gasteiger partial charge is 0.305 e. The van der Waals surface area contributed by atoms with Gasteiger partial charge in [-0.05, 0) is 32.4 Å². The molecule has 2 aromatic rings. The first kappa shape index (κ1) is 13.8. The van der Waals surface area contributed by atoms with Crippen LogP contribution in [-0.2, 0) is 19.6 Å². The Bertz CT molecular complexity index is 497. The molecule has 0 saturated carbocycles. The van der Waals surface area contributed by atoms with E-state index < -0.39 is 0 Å². The molecular weight excluding hydrogens is 238 g/mol. The van der Waals surface area contributed by atoms with Crippen LogP contribution in [0.5, 0.6) is 0 Å². The summed E-state index contributed by atoms with van der Waals surface area (Å²) in [5.74, 6) is 0. The molecule has 5 heteroatoms. The second-order valence-electron chi connectivity index (χ2n) is 5.03. The highest BCUT2D eigenvalue weighted by Gasteiger charge is 2.05. The van der Waals surface area contributed by atoms with Gasteiger partial charge in [-0.15, -0.1) is 0 Å². The highest BCUT2D eigenvalue weighted by Crippen LogP contribution is 2.07. The molecule has 2 aromatic heterocycles. The van der Waals surface area contributed by atoms with Crippen molar-refractivity contribution in [2.75, 3.05) is 0 Å². The zero-order valence-corrected chi connectivity index (χ0v) is 12.0. The zero-order chi connectivity index (χ0) is 13.7. The smallest absolute Gasteiger partial charge is 0.0762 e. The van der Waals surface area contributed by atoms with E-state index >= 15 is 0 Å². The molecular formula is C14H23N5. The van der Waals surface area contributed by atoms with Crippen molar-refractivity contribution >= 4 is 0 Å². The number of rotatable bonds is 7. The molecule has 19 heavy (non-hydrogen) atoms.